The highest BCUT2D eigenvalue weighted by molar-refractivity contribution is 5.94. The van der Waals surface area contributed by atoms with Gasteiger partial charge >= 0.3 is 6.09 Å². The molecule has 2 amide bonds. The smallest absolute Gasteiger partial charge is 0.407 e. The van der Waals surface area contributed by atoms with Crippen LogP contribution in [0.3, 0.4) is 0 Å². The van der Waals surface area contributed by atoms with Gasteiger partial charge in [-0.2, -0.15) is 0 Å². The van der Waals surface area contributed by atoms with Gasteiger partial charge in [0.2, 0.25) is 0 Å². The predicted octanol–water partition coefficient (Wildman–Crippen LogP) is 2.89. The van der Waals surface area contributed by atoms with Crippen LogP contribution < -0.4 is 10.6 Å². The fourth-order valence-corrected chi connectivity index (χ4v) is 1.63. The van der Waals surface area contributed by atoms with E-state index in [1.54, 1.807) is 20.8 Å². The van der Waals surface area contributed by atoms with E-state index in [0.717, 1.165) is 0 Å². The highest BCUT2D eigenvalue weighted by Crippen LogP contribution is 2.18. The van der Waals surface area contributed by atoms with Crippen LogP contribution in [-0.2, 0) is 4.74 Å². The summed E-state index contributed by atoms with van der Waals surface area (Å²) >= 11 is 0. The second-order valence-electron chi connectivity index (χ2n) is 5.89. The summed E-state index contributed by atoms with van der Waals surface area (Å²) in [7, 11) is 0. The van der Waals surface area contributed by atoms with E-state index in [1.165, 1.54) is 0 Å². The van der Waals surface area contributed by atoms with Crippen LogP contribution >= 0.6 is 0 Å². The lowest BCUT2D eigenvalue weighted by atomic mass is 10.1. The zero-order valence-electron chi connectivity index (χ0n) is 13.4. The maximum Gasteiger partial charge on any atom is 0.407 e. The van der Waals surface area contributed by atoms with Gasteiger partial charge in [-0.25, -0.2) is 22.4 Å². The van der Waals surface area contributed by atoms with Crippen LogP contribution in [0.4, 0.5) is 22.4 Å². The number of halogens is 4. The van der Waals surface area contributed by atoms with Gasteiger partial charge in [-0.3, -0.25) is 4.79 Å². The monoisotopic (exact) mass is 350 g/mol. The summed E-state index contributed by atoms with van der Waals surface area (Å²) in [6.07, 6.45) is -0.374. The molecule has 0 radical (unpaired) electrons. The van der Waals surface area contributed by atoms with Crippen molar-refractivity contribution >= 4 is 12.0 Å². The largest absolute Gasteiger partial charge is 0.444 e. The first-order valence-corrected chi connectivity index (χ1v) is 7.11. The maximum atomic E-state index is 13.4. The first-order chi connectivity index (χ1) is 11.0. The maximum absolute atomic E-state index is 13.4. The molecule has 134 valence electrons. The summed E-state index contributed by atoms with van der Waals surface area (Å²) in [5, 5.41) is 4.64. The molecule has 0 aliphatic carbocycles. The molecular formula is C15H18F4N2O3. The van der Waals surface area contributed by atoms with Crippen LogP contribution in [0.2, 0.25) is 0 Å². The van der Waals surface area contributed by atoms with Crippen molar-refractivity contribution in [1.29, 1.82) is 0 Å². The number of hydrogen-bond acceptors (Lipinski definition) is 3. The van der Waals surface area contributed by atoms with Crippen molar-refractivity contribution in [2.24, 2.45) is 0 Å². The van der Waals surface area contributed by atoms with Gasteiger partial charge < -0.3 is 15.4 Å². The normalized spacial score (nSPS) is 11.1. The standard InChI is InChI=1S/C15H18F4N2O3/c1-15(2,3)24-14(23)21-6-4-5-20-13(22)8-7-9(16)11(18)12(19)10(8)17/h7H,4-6H2,1-3H3,(H,20,22)(H,21,23). The van der Waals surface area contributed by atoms with E-state index in [9.17, 15) is 27.2 Å². The first-order valence-electron chi connectivity index (χ1n) is 7.11. The summed E-state index contributed by atoms with van der Waals surface area (Å²) in [6, 6.07) is 0.280. The Morgan fingerprint density at radius 2 is 1.58 bits per heavy atom. The van der Waals surface area contributed by atoms with Crippen molar-refractivity contribution in [1.82, 2.24) is 10.6 Å². The number of hydrogen-bond donors (Lipinski definition) is 2. The average molecular weight is 350 g/mol. The van der Waals surface area contributed by atoms with E-state index in [4.69, 9.17) is 4.74 Å². The van der Waals surface area contributed by atoms with E-state index in [2.05, 4.69) is 10.6 Å². The first kappa shape index (κ1) is 19.7. The number of nitrogens with one attached hydrogen (secondary N) is 2. The van der Waals surface area contributed by atoms with E-state index < -0.39 is 46.4 Å². The van der Waals surface area contributed by atoms with Crippen molar-refractivity contribution in [2.45, 2.75) is 32.8 Å². The van der Waals surface area contributed by atoms with Gasteiger partial charge in [0.1, 0.15) is 5.60 Å². The summed E-state index contributed by atoms with van der Waals surface area (Å²) in [5.74, 6) is -8.55. The Kier molecular flexibility index (Phi) is 6.56. The molecule has 0 heterocycles. The second kappa shape index (κ2) is 7.98. The van der Waals surface area contributed by atoms with Crippen LogP contribution in [0.25, 0.3) is 0 Å². The fourth-order valence-electron chi connectivity index (χ4n) is 1.63. The minimum absolute atomic E-state index is 0.00527. The lowest BCUT2D eigenvalue weighted by Gasteiger charge is -2.19. The molecule has 9 heteroatoms. The SMILES string of the molecule is CC(C)(C)OC(=O)NCCCNC(=O)c1cc(F)c(F)c(F)c1F. The molecule has 1 rings (SSSR count). The highest BCUT2D eigenvalue weighted by Gasteiger charge is 2.22. The molecule has 0 aromatic heterocycles. The summed E-state index contributed by atoms with van der Waals surface area (Å²) < 4.78 is 57.3. The quantitative estimate of drug-likeness (QED) is 0.371. The van der Waals surface area contributed by atoms with Crippen LogP contribution in [0, 0.1) is 23.3 Å². The molecule has 0 spiro atoms. The third kappa shape index (κ3) is 5.71. The van der Waals surface area contributed by atoms with Crippen LogP contribution in [0.15, 0.2) is 6.07 Å². The van der Waals surface area contributed by atoms with Gasteiger partial charge in [-0.15, -0.1) is 0 Å². The lowest BCUT2D eigenvalue weighted by molar-refractivity contribution is 0.0527. The van der Waals surface area contributed by atoms with Gasteiger partial charge in [-0.1, -0.05) is 0 Å². The van der Waals surface area contributed by atoms with Gasteiger partial charge in [-0.05, 0) is 33.3 Å². The van der Waals surface area contributed by atoms with Gasteiger partial charge in [0.15, 0.2) is 23.3 Å². The fraction of sp³-hybridized carbons (Fsp3) is 0.467. The molecule has 0 saturated heterocycles. The molecule has 24 heavy (non-hydrogen) atoms. The lowest BCUT2D eigenvalue weighted by Crippen LogP contribution is -2.34. The predicted molar refractivity (Wildman–Crippen MR) is 77.5 cm³/mol. The number of rotatable bonds is 5. The third-order valence-electron chi connectivity index (χ3n) is 2.65. The molecule has 0 bridgehead atoms. The van der Waals surface area contributed by atoms with Crippen molar-refractivity contribution in [2.75, 3.05) is 13.1 Å². The number of ether oxygens (including phenoxy) is 1. The van der Waals surface area contributed by atoms with Gasteiger partial charge in [0, 0.05) is 13.1 Å². The van der Waals surface area contributed by atoms with E-state index in [0.29, 0.717) is 0 Å². The van der Waals surface area contributed by atoms with Crippen molar-refractivity contribution in [3.63, 3.8) is 0 Å². The minimum Gasteiger partial charge on any atom is -0.444 e. The molecule has 0 fully saturated rings. The molecule has 1 aromatic carbocycles. The molecule has 0 atom stereocenters. The van der Waals surface area contributed by atoms with Crippen molar-refractivity contribution < 1.29 is 31.9 Å². The number of carbonyl (C=O) groups excluding carboxylic acids is 2. The third-order valence-corrected chi connectivity index (χ3v) is 2.65. The van der Waals surface area contributed by atoms with E-state index >= 15 is 0 Å². The Hall–Kier alpha value is -2.32. The zero-order chi connectivity index (χ0) is 18.5. The summed E-state index contributed by atoms with van der Waals surface area (Å²) in [4.78, 5) is 23.0. The average Bonchev–Trinajstić information content (AvgIpc) is 2.46. The number of amides is 2. The number of alkyl carbamates (subject to hydrolysis) is 1. The molecule has 0 aliphatic rings. The molecule has 0 saturated carbocycles. The highest BCUT2D eigenvalue weighted by atomic mass is 19.2. The molecule has 0 unspecified atom stereocenters. The Morgan fingerprint density at radius 1 is 1.00 bits per heavy atom. The molecule has 0 aliphatic heterocycles. The number of carbonyl (C=O) groups is 2. The number of benzene rings is 1. The van der Waals surface area contributed by atoms with Gasteiger partial charge in [0.25, 0.3) is 5.91 Å². The van der Waals surface area contributed by atoms with Crippen LogP contribution in [0.1, 0.15) is 37.6 Å². The second-order valence-corrected chi connectivity index (χ2v) is 5.89. The van der Waals surface area contributed by atoms with E-state index in [1.807, 2.05) is 0 Å². The van der Waals surface area contributed by atoms with E-state index in [-0.39, 0.29) is 25.6 Å². The molecular weight excluding hydrogens is 332 g/mol. The van der Waals surface area contributed by atoms with Crippen LogP contribution in [-0.4, -0.2) is 30.7 Å². The van der Waals surface area contributed by atoms with Crippen LogP contribution in [0.5, 0.6) is 0 Å². The Bertz CT molecular complexity index is 630. The van der Waals surface area contributed by atoms with Crippen molar-refractivity contribution in [3.05, 3.63) is 34.9 Å². The Morgan fingerprint density at radius 3 is 2.17 bits per heavy atom. The molecule has 2 N–H and O–H groups in total. The summed E-state index contributed by atoms with van der Waals surface area (Å²) in [5.41, 5.74) is -1.58. The topological polar surface area (TPSA) is 67.4 Å². The minimum atomic E-state index is -2.05. The van der Waals surface area contributed by atoms with Crippen molar-refractivity contribution in [3.8, 4) is 0 Å². The van der Waals surface area contributed by atoms with Gasteiger partial charge in [0.05, 0.1) is 5.56 Å². The summed E-state index contributed by atoms with van der Waals surface area (Å²) in [6.45, 7) is 5.24. The molecule has 5 nitrogen and oxygen atoms in total. The Labute approximate surface area is 136 Å². The Balaban J connectivity index is 2.44. The molecule has 1 aromatic rings. The zero-order valence-corrected chi connectivity index (χ0v) is 13.4.